The predicted molar refractivity (Wildman–Crippen MR) is 159 cm³/mol. The van der Waals surface area contributed by atoms with Crippen molar-refractivity contribution in [2.24, 2.45) is 5.92 Å². The smallest absolute Gasteiger partial charge is 0.308 e. The molecule has 38 heavy (non-hydrogen) atoms. The lowest BCUT2D eigenvalue weighted by Crippen LogP contribution is -2.40. The number of hydrogen-bond donors (Lipinski definition) is 0. The number of rotatable bonds is 21. The minimum absolute atomic E-state index is 0.0804. The highest BCUT2D eigenvalue weighted by Gasteiger charge is 2.21. The van der Waals surface area contributed by atoms with E-state index in [2.05, 4.69) is 63.5 Å². The van der Waals surface area contributed by atoms with Crippen LogP contribution < -0.4 is 4.74 Å². The third kappa shape index (κ3) is 14.6. The largest absolute Gasteiger partial charge is 0.494 e. The molecule has 1 atom stereocenters. The molecule has 0 saturated heterocycles. The first-order valence-electron chi connectivity index (χ1n) is 15.1. The van der Waals surface area contributed by atoms with Crippen LogP contribution in [-0.4, -0.2) is 44.3 Å². The number of esters is 1. The fourth-order valence-electron chi connectivity index (χ4n) is 4.78. The average Bonchev–Trinajstić information content (AvgIpc) is 2.91. The maximum absolute atomic E-state index is 12.4. The van der Waals surface area contributed by atoms with E-state index in [9.17, 15) is 4.79 Å². The van der Waals surface area contributed by atoms with Crippen LogP contribution in [0.3, 0.4) is 0 Å². The molecule has 0 aliphatic rings. The molecule has 0 aliphatic heterocycles. The predicted octanol–water partition coefficient (Wildman–Crippen LogP) is 8.37. The second-order valence-corrected chi connectivity index (χ2v) is 11.6. The molecule has 0 aromatic heterocycles. The summed E-state index contributed by atoms with van der Waals surface area (Å²) in [7, 11) is 4.44. The van der Waals surface area contributed by atoms with E-state index in [1.807, 2.05) is 19.1 Å². The number of quaternary nitrogens is 1. The minimum Gasteiger partial charge on any atom is -0.494 e. The summed E-state index contributed by atoms with van der Waals surface area (Å²) in [6.45, 7) is 7.27. The van der Waals surface area contributed by atoms with E-state index in [1.54, 1.807) is 0 Å². The Balaban J connectivity index is 1.53. The van der Waals surface area contributed by atoms with Crippen molar-refractivity contribution in [3.63, 3.8) is 0 Å². The number of aryl methyl sites for hydroxylation is 1. The Morgan fingerprint density at radius 1 is 0.789 bits per heavy atom. The molecule has 2 rings (SSSR count). The average molecular weight is 525 g/mol. The van der Waals surface area contributed by atoms with E-state index in [0.29, 0.717) is 13.2 Å². The van der Waals surface area contributed by atoms with E-state index in [4.69, 9.17) is 9.47 Å². The monoisotopic (exact) mass is 524 g/mol. The van der Waals surface area contributed by atoms with Gasteiger partial charge in [0.25, 0.3) is 0 Å². The lowest BCUT2D eigenvalue weighted by atomic mass is 10.0. The standard InChI is InChI=1S/C34H54NO3/c1-5-6-7-8-9-10-11-13-19-31-22-18-23-33(28-31)37-26-16-17-27-38-34(36)30(2)24-25-35(3,4)29-32-20-14-12-15-21-32/h12,14-15,18,20-23,28,30H,5-11,13,16-17,19,24-27,29H2,1-4H3/q+1. The van der Waals surface area contributed by atoms with Crippen molar-refractivity contribution in [2.75, 3.05) is 33.9 Å². The molecule has 212 valence electrons. The maximum Gasteiger partial charge on any atom is 0.308 e. The van der Waals surface area contributed by atoms with E-state index < -0.39 is 0 Å². The quantitative estimate of drug-likeness (QED) is 0.0934. The first-order valence-corrected chi connectivity index (χ1v) is 15.1. The second-order valence-electron chi connectivity index (χ2n) is 11.6. The van der Waals surface area contributed by atoms with Gasteiger partial charge in [-0.05, 0) is 43.4 Å². The van der Waals surface area contributed by atoms with Crippen LogP contribution in [0.2, 0.25) is 0 Å². The summed E-state index contributed by atoms with van der Waals surface area (Å²) in [6.07, 6.45) is 14.5. The molecule has 0 radical (unpaired) electrons. The molecule has 0 N–H and O–H groups in total. The third-order valence-corrected chi connectivity index (χ3v) is 7.29. The van der Waals surface area contributed by atoms with E-state index >= 15 is 0 Å². The van der Waals surface area contributed by atoms with Crippen molar-refractivity contribution in [1.29, 1.82) is 0 Å². The molecule has 0 heterocycles. The van der Waals surface area contributed by atoms with E-state index in [-0.39, 0.29) is 11.9 Å². The summed E-state index contributed by atoms with van der Waals surface area (Å²) >= 11 is 0. The van der Waals surface area contributed by atoms with Crippen LogP contribution in [0.1, 0.15) is 95.6 Å². The normalized spacial score (nSPS) is 12.3. The Labute approximate surface area is 233 Å². The Kier molecular flexibility index (Phi) is 15.8. The van der Waals surface area contributed by atoms with Gasteiger partial charge in [-0.2, -0.15) is 0 Å². The fourth-order valence-corrected chi connectivity index (χ4v) is 4.78. The zero-order chi connectivity index (χ0) is 27.5. The Morgan fingerprint density at radius 2 is 1.45 bits per heavy atom. The first kappa shape index (κ1) is 31.9. The molecule has 0 aliphatic carbocycles. The van der Waals surface area contributed by atoms with Crippen LogP contribution in [0.15, 0.2) is 54.6 Å². The van der Waals surface area contributed by atoms with Gasteiger partial charge in [-0.1, -0.05) is 101 Å². The van der Waals surface area contributed by atoms with Crippen LogP contribution in [0, 0.1) is 5.92 Å². The SMILES string of the molecule is CCCCCCCCCCc1cccc(OCCCCOC(=O)C(C)CC[N+](C)(C)Cc2ccccc2)c1. The number of benzene rings is 2. The van der Waals surface area contributed by atoms with Gasteiger partial charge in [-0.3, -0.25) is 4.79 Å². The van der Waals surface area contributed by atoms with E-state index in [0.717, 1.165) is 49.0 Å². The number of carbonyl (C=O) groups excluding carboxylic acids is 1. The minimum atomic E-state index is -0.0840. The van der Waals surface area contributed by atoms with Crippen molar-refractivity contribution in [2.45, 2.75) is 97.4 Å². The van der Waals surface area contributed by atoms with Crippen LogP contribution >= 0.6 is 0 Å². The molecular formula is C34H54NO3+. The number of ether oxygens (including phenoxy) is 2. The molecule has 0 bridgehead atoms. The van der Waals surface area contributed by atoms with Crippen LogP contribution in [0.4, 0.5) is 0 Å². The summed E-state index contributed by atoms with van der Waals surface area (Å²) in [6, 6.07) is 19.1. The van der Waals surface area contributed by atoms with Crippen molar-refractivity contribution in [3.8, 4) is 5.75 Å². The molecule has 2 aromatic carbocycles. The zero-order valence-electron chi connectivity index (χ0n) is 24.8. The summed E-state index contributed by atoms with van der Waals surface area (Å²) in [5, 5.41) is 0. The maximum atomic E-state index is 12.4. The summed E-state index contributed by atoms with van der Waals surface area (Å²) < 4.78 is 12.4. The van der Waals surface area contributed by atoms with Crippen molar-refractivity contribution in [3.05, 3.63) is 65.7 Å². The van der Waals surface area contributed by atoms with Crippen molar-refractivity contribution in [1.82, 2.24) is 0 Å². The zero-order valence-corrected chi connectivity index (χ0v) is 24.8. The highest BCUT2D eigenvalue weighted by atomic mass is 16.5. The van der Waals surface area contributed by atoms with Crippen LogP contribution in [0.25, 0.3) is 0 Å². The van der Waals surface area contributed by atoms with Crippen LogP contribution in [-0.2, 0) is 22.5 Å². The fraction of sp³-hybridized carbons (Fsp3) is 0.618. The second kappa shape index (κ2) is 18.8. The molecule has 2 aromatic rings. The number of unbranched alkanes of at least 4 members (excludes halogenated alkanes) is 8. The van der Waals surface area contributed by atoms with Crippen molar-refractivity contribution < 1.29 is 18.8 Å². The molecule has 0 spiro atoms. The molecular weight excluding hydrogens is 470 g/mol. The first-order chi connectivity index (χ1) is 18.4. The molecule has 4 heteroatoms. The molecule has 1 unspecified atom stereocenters. The summed E-state index contributed by atoms with van der Waals surface area (Å²) in [5.41, 5.74) is 2.69. The van der Waals surface area contributed by atoms with Crippen LogP contribution in [0.5, 0.6) is 5.75 Å². The Bertz CT molecular complexity index is 880. The van der Waals surface area contributed by atoms with Gasteiger partial charge in [0.1, 0.15) is 12.3 Å². The highest BCUT2D eigenvalue weighted by Crippen LogP contribution is 2.17. The molecule has 0 fully saturated rings. The molecule has 4 nitrogen and oxygen atoms in total. The lowest BCUT2D eigenvalue weighted by molar-refractivity contribution is -0.904. The number of nitrogens with zero attached hydrogens (tertiary/aromatic N) is 1. The van der Waals surface area contributed by atoms with Gasteiger partial charge in [0.05, 0.1) is 39.8 Å². The van der Waals surface area contributed by atoms with Gasteiger partial charge in [0.2, 0.25) is 0 Å². The highest BCUT2D eigenvalue weighted by molar-refractivity contribution is 5.71. The third-order valence-electron chi connectivity index (χ3n) is 7.29. The Hall–Kier alpha value is -2.33. The topological polar surface area (TPSA) is 35.5 Å². The summed E-state index contributed by atoms with van der Waals surface area (Å²) in [5.74, 6) is 0.784. The Morgan fingerprint density at radius 3 is 2.18 bits per heavy atom. The van der Waals surface area contributed by atoms with Gasteiger partial charge in [-0.15, -0.1) is 0 Å². The van der Waals surface area contributed by atoms with Gasteiger partial charge < -0.3 is 14.0 Å². The van der Waals surface area contributed by atoms with Gasteiger partial charge in [0, 0.05) is 12.0 Å². The number of carbonyl (C=O) groups is 1. The molecule has 0 amide bonds. The van der Waals surface area contributed by atoms with Gasteiger partial charge in [0.15, 0.2) is 0 Å². The lowest BCUT2D eigenvalue weighted by Gasteiger charge is -2.30. The summed E-state index contributed by atoms with van der Waals surface area (Å²) in [4.78, 5) is 12.4. The van der Waals surface area contributed by atoms with Gasteiger partial charge in [-0.25, -0.2) is 0 Å². The van der Waals surface area contributed by atoms with Crippen molar-refractivity contribution >= 4 is 5.97 Å². The number of hydrogen-bond acceptors (Lipinski definition) is 3. The van der Waals surface area contributed by atoms with E-state index in [1.165, 1.54) is 62.5 Å². The molecule has 0 saturated carbocycles. The van der Waals surface area contributed by atoms with Gasteiger partial charge >= 0.3 is 5.97 Å².